The Morgan fingerprint density at radius 1 is 0.818 bits per heavy atom. The van der Waals surface area contributed by atoms with Gasteiger partial charge in [0, 0.05) is 5.25 Å². The van der Waals surface area contributed by atoms with Crippen molar-refractivity contribution in [3.63, 3.8) is 0 Å². The predicted octanol–water partition coefficient (Wildman–Crippen LogP) is 9.05. The number of hydrogen-bond donors (Lipinski definition) is 1. The number of unbranched alkanes of at least 4 members (excludes halogenated alkanes) is 12. The molecule has 0 spiro atoms. The van der Waals surface area contributed by atoms with Crippen molar-refractivity contribution < 1.29 is 28.6 Å². The number of thioether (sulfide) groups is 1. The average Bonchev–Trinajstić information content (AvgIpc) is 2.80. The van der Waals surface area contributed by atoms with Crippen LogP contribution in [0, 0.1) is 0 Å². The van der Waals surface area contributed by atoms with Gasteiger partial charge < -0.3 is 9.42 Å². The van der Waals surface area contributed by atoms with Gasteiger partial charge >= 0.3 is 13.3 Å². The van der Waals surface area contributed by atoms with E-state index in [1.165, 1.54) is 83.5 Å². The molecule has 0 aromatic heterocycles. The minimum atomic E-state index is -4.46. The zero-order chi connectivity index (χ0) is 24.8. The first kappa shape index (κ1) is 32.9. The summed E-state index contributed by atoms with van der Waals surface area (Å²) in [6.45, 7) is 8.12. The van der Waals surface area contributed by atoms with Gasteiger partial charge in [-0.3, -0.25) is 4.89 Å². The standard InChI is InChI=1S/C25H51O6PS/c1-5-8-10-12-13-14-15-16-17-19-22-33-24(20-18-11-9-6-2)23(4)30-31-25(26)32(27,28)29-21-7-3/h23-24H,5-22H2,1-4H3,(H,27,28). The molecule has 0 aromatic carbocycles. The molecule has 0 aliphatic carbocycles. The van der Waals surface area contributed by atoms with Crippen molar-refractivity contribution in [1.29, 1.82) is 0 Å². The molecule has 0 radical (unpaired) electrons. The van der Waals surface area contributed by atoms with Crippen molar-refractivity contribution >= 4 is 25.1 Å². The molecule has 0 amide bonds. The Bertz CT molecular complexity index is 505. The lowest BCUT2D eigenvalue weighted by molar-refractivity contribution is -0.262. The highest BCUT2D eigenvalue weighted by molar-refractivity contribution is 7.99. The predicted molar refractivity (Wildman–Crippen MR) is 140 cm³/mol. The minimum absolute atomic E-state index is 0.0210. The van der Waals surface area contributed by atoms with Crippen LogP contribution in [0.15, 0.2) is 0 Å². The van der Waals surface area contributed by atoms with Crippen LogP contribution in [0.2, 0.25) is 0 Å². The molecule has 198 valence electrons. The Morgan fingerprint density at radius 3 is 1.88 bits per heavy atom. The summed E-state index contributed by atoms with van der Waals surface area (Å²) in [5.41, 5.74) is -1.34. The summed E-state index contributed by atoms with van der Waals surface area (Å²) in [5, 5.41) is 0.183. The Kier molecular flexibility index (Phi) is 22.4. The second-order valence-electron chi connectivity index (χ2n) is 8.94. The van der Waals surface area contributed by atoms with E-state index in [0.717, 1.165) is 18.6 Å². The van der Waals surface area contributed by atoms with Crippen molar-refractivity contribution in [3.8, 4) is 0 Å². The second-order valence-corrected chi connectivity index (χ2v) is 12.0. The van der Waals surface area contributed by atoms with E-state index in [-0.39, 0.29) is 18.0 Å². The third-order valence-corrected chi connectivity index (χ3v) is 8.31. The normalized spacial score (nSPS) is 15.2. The Hall–Kier alpha value is -0.0700. The van der Waals surface area contributed by atoms with Crippen molar-refractivity contribution in [3.05, 3.63) is 0 Å². The van der Waals surface area contributed by atoms with Gasteiger partial charge in [0.05, 0.1) is 6.61 Å². The zero-order valence-corrected chi connectivity index (χ0v) is 23.4. The summed E-state index contributed by atoms with van der Waals surface area (Å²) in [6.07, 6.45) is 19.0. The van der Waals surface area contributed by atoms with Crippen molar-refractivity contribution in [2.24, 2.45) is 0 Å². The van der Waals surface area contributed by atoms with E-state index in [9.17, 15) is 14.3 Å². The molecule has 3 atom stereocenters. The van der Waals surface area contributed by atoms with Gasteiger partial charge in [0.15, 0.2) is 0 Å². The Balaban J connectivity index is 4.25. The topological polar surface area (TPSA) is 82.1 Å². The molecular weight excluding hydrogens is 459 g/mol. The number of rotatable bonds is 24. The molecule has 0 saturated heterocycles. The summed E-state index contributed by atoms with van der Waals surface area (Å²) < 4.78 is 16.6. The third-order valence-electron chi connectivity index (χ3n) is 5.67. The summed E-state index contributed by atoms with van der Waals surface area (Å²) in [6, 6.07) is 0. The number of carbonyl (C=O) groups excluding carboxylic acids is 1. The highest BCUT2D eigenvalue weighted by Crippen LogP contribution is 2.44. The molecule has 6 nitrogen and oxygen atoms in total. The van der Waals surface area contributed by atoms with Gasteiger partial charge in [0.2, 0.25) is 0 Å². The average molecular weight is 511 g/mol. The van der Waals surface area contributed by atoms with E-state index < -0.39 is 13.3 Å². The first-order chi connectivity index (χ1) is 15.9. The smallest absolute Gasteiger partial charge is 0.316 e. The van der Waals surface area contributed by atoms with E-state index in [1.807, 2.05) is 18.7 Å². The summed E-state index contributed by atoms with van der Waals surface area (Å²) in [4.78, 5) is 31.5. The molecule has 1 N–H and O–H groups in total. The summed E-state index contributed by atoms with van der Waals surface area (Å²) in [7, 11) is -4.46. The highest BCUT2D eigenvalue weighted by Gasteiger charge is 2.35. The molecule has 0 aromatic rings. The second kappa shape index (κ2) is 22.4. The van der Waals surface area contributed by atoms with Crippen LogP contribution in [0.4, 0.5) is 4.79 Å². The fraction of sp³-hybridized carbons (Fsp3) is 0.960. The minimum Gasteiger partial charge on any atom is -0.316 e. The monoisotopic (exact) mass is 510 g/mol. The molecule has 0 saturated carbocycles. The molecule has 3 unspecified atom stereocenters. The van der Waals surface area contributed by atoms with Gasteiger partial charge in [-0.15, -0.1) is 0 Å². The maximum atomic E-state index is 11.9. The molecule has 0 aliphatic heterocycles. The molecule has 0 fully saturated rings. The molecule has 8 heteroatoms. The van der Waals surface area contributed by atoms with Gasteiger partial charge in [0.1, 0.15) is 6.10 Å². The van der Waals surface area contributed by atoms with Gasteiger partial charge in [-0.2, -0.15) is 16.6 Å². The zero-order valence-electron chi connectivity index (χ0n) is 21.7. The fourth-order valence-electron chi connectivity index (χ4n) is 3.54. The van der Waals surface area contributed by atoms with Crippen LogP contribution < -0.4 is 0 Å². The van der Waals surface area contributed by atoms with Crippen LogP contribution in [0.25, 0.3) is 0 Å². The van der Waals surface area contributed by atoms with Crippen molar-refractivity contribution in [2.75, 3.05) is 12.4 Å². The lowest BCUT2D eigenvalue weighted by Gasteiger charge is -2.22. The van der Waals surface area contributed by atoms with Crippen LogP contribution in [0.5, 0.6) is 0 Å². The van der Waals surface area contributed by atoms with Crippen molar-refractivity contribution in [2.45, 2.75) is 142 Å². The third kappa shape index (κ3) is 18.9. The number of carbonyl (C=O) groups is 1. The van der Waals surface area contributed by atoms with Gasteiger partial charge in [-0.05, 0) is 31.9 Å². The summed E-state index contributed by atoms with van der Waals surface area (Å²) >= 11 is 1.86. The van der Waals surface area contributed by atoms with Gasteiger partial charge in [0.25, 0.3) is 0 Å². The lowest BCUT2D eigenvalue weighted by Crippen LogP contribution is -2.25. The van der Waals surface area contributed by atoms with E-state index in [2.05, 4.69) is 13.8 Å². The Labute approximate surface area is 207 Å². The van der Waals surface area contributed by atoms with Crippen LogP contribution in [-0.2, 0) is 18.9 Å². The van der Waals surface area contributed by atoms with Crippen molar-refractivity contribution in [1.82, 2.24) is 0 Å². The van der Waals surface area contributed by atoms with E-state index in [0.29, 0.717) is 6.42 Å². The SMILES string of the molecule is CCCCCCCCCCCCSC(CCCCCC)C(C)OOC(=O)P(=O)(O)OCCC. The molecule has 33 heavy (non-hydrogen) atoms. The quantitative estimate of drug-likeness (QED) is 0.0600. The van der Waals surface area contributed by atoms with E-state index in [4.69, 9.17) is 14.3 Å². The summed E-state index contributed by atoms with van der Waals surface area (Å²) in [5.74, 6) is 1.05. The van der Waals surface area contributed by atoms with E-state index in [1.54, 1.807) is 6.92 Å². The molecule has 0 rings (SSSR count). The molecule has 0 bridgehead atoms. The van der Waals surface area contributed by atoms with Crippen LogP contribution >= 0.6 is 19.4 Å². The number of hydrogen-bond acceptors (Lipinski definition) is 6. The van der Waals surface area contributed by atoms with Crippen LogP contribution in [0.1, 0.15) is 130 Å². The molecule has 0 heterocycles. The maximum Gasteiger partial charge on any atom is 0.452 e. The first-order valence-corrected chi connectivity index (χ1v) is 16.0. The lowest BCUT2D eigenvalue weighted by atomic mass is 10.1. The highest BCUT2D eigenvalue weighted by atomic mass is 32.2. The van der Waals surface area contributed by atoms with Gasteiger partial charge in [-0.1, -0.05) is 104 Å². The first-order valence-electron chi connectivity index (χ1n) is 13.4. The van der Waals surface area contributed by atoms with Crippen LogP contribution in [-0.4, -0.2) is 34.3 Å². The van der Waals surface area contributed by atoms with E-state index >= 15 is 0 Å². The fourth-order valence-corrected chi connectivity index (χ4v) is 5.54. The van der Waals surface area contributed by atoms with Gasteiger partial charge in [-0.25, -0.2) is 9.36 Å². The van der Waals surface area contributed by atoms with Crippen LogP contribution in [0.3, 0.4) is 0 Å². The Morgan fingerprint density at radius 2 is 1.33 bits per heavy atom. The maximum absolute atomic E-state index is 11.9. The largest absolute Gasteiger partial charge is 0.452 e. The molecular formula is C25H51O6PS. The molecule has 0 aliphatic rings.